The molecular weight excluding hydrogens is 233 g/mol. The third kappa shape index (κ3) is 2.70. The number of nitrogens with zero attached hydrogens (tertiary/aromatic N) is 1. The van der Waals surface area contributed by atoms with E-state index in [1.165, 1.54) is 6.07 Å². The number of carbonyl (C=O) groups is 1. The summed E-state index contributed by atoms with van der Waals surface area (Å²) >= 11 is 0. The molecular formula is C14H18FNO2. The first kappa shape index (κ1) is 13.0. The Morgan fingerprint density at radius 3 is 3.06 bits per heavy atom. The number of halogens is 1. The Morgan fingerprint density at radius 2 is 2.33 bits per heavy atom. The molecule has 0 N–H and O–H groups in total. The van der Waals surface area contributed by atoms with Gasteiger partial charge in [-0.1, -0.05) is 18.6 Å². The van der Waals surface area contributed by atoms with Crippen molar-refractivity contribution < 1.29 is 13.9 Å². The molecule has 0 aliphatic carbocycles. The zero-order chi connectivity index (χ0) is 13.1. The molecule has 4 heteroatoms. The molecule has 0 bridgehead atoms. The predicted molar refractivity (Wildman–Crippen MR) is 67.1 cm³/mol. The van der Waals surface area contributed by atoms with Gasteiger partial charge in [0.05, 0.1) is 18.3 Å². The van der Waals surface area contributed by atoms with E-state index < -0.39 is 5.82 Å². The second-order valence-corrected chi connectivity index (χ2v) is 4.64. The first-order chi connectivity index (χ1) is 8.61. The van der Waals surface area contributed by atoms with Gasteiger partial charge in [0.2, 0.25) is 0 Å². The van der Waals surface area contributed by atoms with Crippen molar-refractivity contribution >= 4 is 5.91 Å². The molecule has 1 atom stereocenters. The third-order valence-corrected chi connectivity index (χ3v) is 3.23. The van der Waals surface area contributed by atoms with Crippen LogP contribution in [0.5, 0.6) is 0 Å². The lowest BCUT2D eigenvalue weighted by atomic mass is 10.1. The van der Waals surface area contributed by atoms with Crippen LogP contribution in [0.15, 0.2) is 18.2 Å². The molecule has 1 saturated heterocycles. The SMILES string of the molecule is CCC1CN(C(=O)c2cc(C)ccc2F)CCO1. The van der Waals surface area contributed by atoms with Crippen molar-refractivity contribution in [3.8, 4) is 0 Å². The van der Waals surface area contributed by atoms with Crippen LogP contribution in [-0.2, 0) is 4.74 Å². The molecule has 98 valence electrons. The minimum Gasteiger partial charge on any atom is -0.375 e. The number of rotatable bonds is 2. The van der Waals surface area contributed by atoms with E-state index in [0.29, 0.717) is 19.7 Å². The average molecular weight is 251 g/mol. The van der Waals surface area contributed by atoms with Gasteiger partial charge in [0.25, 0.3) is 5.91 Å². The van der Waals surface area contributed by atoms with Crippen LogP contribution < -0.4 is 0 Å². The van der Waals surface area contributed by atoms with Crippen LogP contribution >= 0.6 is 0 Å². The van der Waals surface area contributed by atoms with Crippen LogP contribution in [0.2, 0.25) is 0 Å². The summed E-state index contributed by atoms with van der Waals surface area (Å²) in [5, 5.41) is 0. The van der Waals surface area contributed by atoms with Crippen molar-refractivity contribution in [1.29, 1.82) is 0 Å². The fraction of sp³-hybridized carbons (Fsp3) is 0.500. The molecule has 0 aromatic heterocycles. The second-order valence-electron chi connectivity index (χ2n) is 4.64. The topological polar surface area (TPSA) is 29.5 Å². The molecule has 0 spiro atoms. The van der Waals surface area contributed by atoms with Crippen molar-refractivity contribution in [3.63, 3.8) is 0 Å². The largest absolute Gasteiger partial charge is 0.375 e. The first-order valence-electron chi connectivity index (χ1n) is 6.29. The summed E-state index contributed by atoms with van der Waals surface area (Å²) in [5.41, 5.74) is 1.05. The Morgan fingerprint density at radius 1 is 1.56 bits per heavy atom. The van der Waals surface area contributed by atoms with Gasteiger partial charge in [0.15, 0.2) is 0 Å². The van der Waals surface area contributed by atoms with E-state index in [1.807, 2.05) is 13.8 Å². The highest BCUT2D eigenvalue weighted by molar-refractivity contribution is 5.94. The van der Waals surface area contributed by atoms with Crippen molar-refractivity contribution in [2.24, 2.45) is 0 Å². The third-order valence-electron chi connectivity index (χ3n) is 3.23. The number of carbonyl (C=O) groups excluding carboxylic acids is 1. The van der Waals surface area contributed by atoms with Gasteiger partial charge in [0.1, 0.15) is 5.82 Å². The number of morpholine rings is 1. The Kier molecular flexibility index (Phi) is 3.97. The highest BCUT2D eigenvalue weighted by Gasteiger charge is 2.25. The molecule has 1 aromatic rings. The van der Waals surface area contributed by atoms with Crippen LogP contribution in [0.4, 0.5) is 4.39 Å². The van der Waals surface area contributed by atoms with Gasteiger partial charge in [-0.05, 0) is 25.5 Å². The zero-order valence-electron chi connectivity index (χ0n) is 10.8. The number of aryl methyl sites for hydroxylation is 1. The summed E-state index contributed by atoms with van der Waals surface area (Å²) in [6.07, 6.45) is 0.927. The molecule has 1 amide bonds. The molecule has 1 fully saturated rings. The van der Waals surface area contributed by atoms with Crippen molar-refractivity contribution in [3.05, 3.63) is 35.1 Å². The van der Waals surface area contributed by atoms with Gasteiger partial charge in [-0.2, -0.15) is 0 Å². The molecule has 1 aliphatic rings. The van der Waals surface area contributed by atoms with Crippen molar-refractivity contribution in [2.45, 2.75) is 26.4 Å². The fourth-order valence-electron chi connectivity index (χ4n) is 2.12. The lowest BCUT2D eigenvalue weighted by Gasteiger charge is -2.32. The Balaban J connectivity index is 2.17. The maximum atomic E-state index is 13.7. The van der Waals surface area contributed by atoms with Crippen LogP contribution in [-0.4, -0.2) is 36.6 Å². The lowest BCUT2D eigenvalue weighted by Crippen LogP contribution is -2.45. The smallest absolute Gasteiger partial charge is 0.257 e. The minimum atomic E-state index is -0.454. The number of amides is 1. The van der Waals surface area contributed by atoms with Gasteiger partial charge >= 0.3 is 0 Å². The molecule has 18 heavy (non-hydrogen) atoms. The number of benzene rings is 1. The van der Waals surface area contributed by atoms with Crippen molar-refractivity contribution in [1.82, 2.24) is 4.90 Å². The maximum absolute atomic E-state index is 13.7. The average Bonchev–Trinajstić information content (AvgIpc) is 2.41. The van der Waals surface area contributed by atoms with E-state index >= 15 is 0 Å². The molecule has 0 radical (unpaired) electrons. The van der Waals surface area contributed by atoms with Crippen LogP contribution in [0.25, 0.3) is 0 Å². The van der Waals surface area contributed by atoms with Crippen molar-refractivity contribution in [2.75, 3.05) is 19.7 Å². The van der Waals surface area contributed by atoms with E-state index in [4.69, 9.17) is 4.74 Å². The van der Waals surface area contributed by atoms with Gasteiger partial charge < -0.3 is 9.64 Å². The van der Waals surface area contributed by atoms with Crippen LogP contribution in [0.3, 0.4) is 0 Å². The van der Waals surface area contributed by atoms with Crippen LogP contribution in [0, 0.1) is 12.7 Å². The van der Waals surface area contributed by atoms with E-state index in [0.717, 1.165) is 12.0 Å². The minimum absolute atomic E-state index is 0.0653. The van der Waals surface area contributed by atoms with Crippen LogP contribution in [0.1, 0.15) is 29.3 Å². The molecule has 1 aromatic carbocycles. The molecule has 2 rings (SSSR count). The highest BCUT2D eigenvalue weighted by Crippen LogP contribution is 2.16. The second kappa shape index (κ2) is 5.48. The number of hydrogen-bond acceptors (Lipinski definition) is 2. The molecule has 3 nitrogen and oxygen atoms in total. The lowest BCUT2D eigenvalue weighted by molar-refractivity contribution is -0.0227. The summed E-state index contributed by atoms with van der Waals surface area (Å²) < 4.78 is 19.2. The summed E-state index contributed by atoms with van der Waals surface area (Å²) in [6, 6.07) is 4.62. The monoisotopic (exact) mass is 251 g/mol. The summed E-state index contributed by atoms with van der Waals surface area (Å²) in [6.45, 7) is 5.47. The molecule has 1 aliphatic heterocycles. The summed E-state index contributed by atoms with van der Waals surface area (Å²) in [4.78, 5) is 13.9. The Labute approximate surface area is 107 Å². The maximum Gasteiger partial charge on any atom is 0.257 e. The van der Waals surface area contributed by atoms with E-state index in [-0.39, 0.29) is 17.6 Å². The molecule has 1 unspecified atom stereocenters. The molecule has 0 saturated carbocycles. The van der Waals surface area contributed by atoms with Gasteiger partial charge in [0, 0.05) is 13.1 Å². The summed E-state index contributed by atoms with van der Waals surface area (Å²) in [5.74, 6) is -0.692. The normalized spacial score (nSPS) is 19.9. The molecule has 1 heterocycles. The van der Waals surface area contributed by atoms with E-state index in [9.17, 15) is 9.18 Å². The Hall–Kier alpha value is -1.42. The highest BCUT2D eigenvalue weighted by atomic mass is 19.1. The fourth-order valence-corrected chi connectivity index (χ4v) is 2.12. The van der Waals surface area contributed by atoms with E-state index in [1.54, 1.807) is 17.0 Å². The number of ether oxygens (including phenoxy) is 1. The zero-order valence-corrected chi connectivity index (χ0v) is 10.8. The standard InChI is InChI=1S/C14H18FNO2/c1-3-11-9-16(6-7-18-11)14(17)12-8-10(2)4-5-13(12)15/h4-5,8,11H,3,6-7,9H2,1-2H3. The quantitative estimate of drug-likeness (QED) is 0.807. The number of hydrogen-bond donors (Lipinski definition) is 0. The van der Waals surface area contributed by atoms with Gasteiger partial charge in [-0.3, -0.25) is 4.79 Å². The first-order valence-corrected chi connectivity index (χ1v) is 6.29. The van der Waals surface area contributed by atoms with Gasteiger partial charge in [-0.15, -0.1) is 0 Å². The predicted octanol–water partition coefficient (Wildman–Crippen LogP) is 2.39. The van der Waals surface area contributed by atoms with Gasteiger partial charge in [-0.25, -0.2) is 4.39 Å². The van der Waals surface area contributed by atoms with E-state index in [2.05, 4.69) is 0 Å². The Bertz CT molecular complexity index is 447. The summed E-state index contributed by atoms with van der Waals surface area (Å²) in [7, 11) is 0.